The zero-order valence-electron chi connectivity index (χ0n) is 14.6. The van der Waals surface area contributed by atoms with Crippen molar-refractivity contribution in [2.45, 2.75) is 19.9 Å². The van der Waals surface area contributed by atoms with Gasteiger partial charge in [0.05, 0.1) is 35.7 Å². The number of amides is 1. The van der Waals surface area contributed by atoms with Crippen molar-refractivity contribution in [3.63, 3.8) is 0 Å². The van der Waals surface area contributed by atoms with Gasteiger partial charge in [-0.1, -0.05) is 12.1 Å². The second-order valence-electron chi connectivity index (χ2n) is 6.12. The lowest BCUT2D eigenvalue weighted by Gasteiger charge is -2.29. The first-order valence-corrected chi connectivity index (χ1v) is 8.75. The molecule has 1 aromatic carbocycles. The third-order valence-electron chi connectivity index (χ3n) is 4.55. The first kappa shape index (κ1) is 16.3. The molecule has 0 atom stereocenters. The van der Waals surface area contributed by atoms with Crippen LogP contribution in [0, 0.1) is 0 Å². The summed E-state index contributed by atoms with van der Waals surface area (Å²) in [5.41, 5.74) is 3.43. The van der Waals surface area contributed by atoms with E-state index in [0.717, 1.165) is 16.9 Å². The van der Waals surface area contributed by atoms with E-state index in [1.54, 1.807) is 0 Å². The number of carbonyl (C=O) groups is 1. The minimum atomic E-state index is 0.00579. The first-order chi connectivity index (χ1) is 12.8. The van der Waals surface area contributed by atoms with Crippen LogP contribution in [0.1, 0.15) is 28.5 Å². The van der Waals surface area contributed by atoms with Crippen LogP contribution in [-0.2, 0) is 13.0 Å². The summed E-state index contributed by atoms with van der Waals surface area (Å²) in [5.74, 6) is 0.583. The lowest BCUT2D eigenvalue weighted by atomic mass is 10.0. The highest BCUT2D eigenvalue weighted by molar-refractivity contribution is 5.98. The Labute approximate surface area is 152 Å². The van der Waals surface area contributed by atoms with E-state index >= 15 is 0 Å². The minimum absolute atomic E-state index is 0.00579. The number of hydrogen-bond donors (Lipinski definition) is 0. The van der Waals surface area contributed by atoms with Crippen molar-refractivity contribution < 1.29 is 9.53 Å². The summed E-state index contributed by atoms with van der Waals surface area (Å²) in [7, 11) is 0. The summed E-state index contributed by atoms with van der Waals surface area (Å²) in [5, 5.41) is 0. The molecule has 0 N–H and O–H groups in total. The zero-order valence-corrected chi connectivity index (χ0v) is 14.6. The molecular formula is C20H20N4O2. The molecule has 0 fully saturated rings. The molecule has 1 aliphatic heterocycles. The number of carbonyl (C=O) groups excluding carboxylic acids is 1. The Hall–Kier alpha value is -3.15. The van der Waals surface area contributed by atoms with Gasteiger partial charge in [-0.15, -0.1) is 0 Å². The van der Waals surface area contributed by atoms with Crippen LogP contribution in [0.2, 0.25) is 0 Å². The van der Waals surface area contributed by atoms with Crippen molar-refractivity contribution >= 4 is 5.91 Å². The fourth-order valence-corrected chi connectivity index (χ4v) is 3.29. The van der Waals surface area contributed by atoms with Gasteiger partial charge in [0.15, 0.2) is 0 Å². The molecule has 0 saturated heterocycles. The largest absolute Gasteiger partial charge is 0.478 e. The second kappa shape index (κ2) is 7.00. The highest BCUT2D eigenvalue weighted by atomic mass is 16.5. The molecule has 4 rings (SSSR count). The number of benzene rings is 1. The van der Waals surface area contributed by atoms with E-state index in [9.17, 15) is 4.79 Å². The van der Waals surface area contributed by atoms with E-state index in [-0.39, 0.29) is 5.91 Å². The Morgan fingerprint density at radius 3 is 2.77 bits per heavy atom. The number of rotatable bonds is 4. The van der Waals surface area contributed by atoms with Crippen molar-refractivity contribution in [1.29, 1.82) is 0 Å². The molecule has 0 saturated carbocycles. The fourth-order valence-electron chi connectivity index (χ4n) is 3.29. The number of fused-ring (bicyclic) bond motifs is 1. The van der Waals surface area contributed by atoms with Crippen LogP contribution in [0.25, 0.3) is 5.69 Å². The highest BCUT2D eigenvalue weighted by Crippen LogP contribution is 2.26. The van der Waals surface area contributed by atoms with E-state index in [0.29, 0.717) is 37.6 Å². The van der Waals surface area contributed by atoms with Gasteiger partial charge in [0.1, 0.15) is 6.33 Å². The van der Waals surface area contributed by atoms with Crippen molar-refractivity contribution in [3.8, 4) is 11.6 Å². The van der Waals surface area contributed by atoms with Gasteiger partial charge in [0.25, 0.3) is 5.91 Å². The van der Waals surface area contributed by atoms with Crippen molar-refractivity contribution in [2.24, 2.45) is 0 Å². The van der Waals surface area contributed by atoms with Gasteiger partial charge in [-0.25, -0.2) is 9.97 Å². The Kier molecular flexibility index (Phi) is 4.39. The lowest BCUT2D eigenvalue weighted by Crippen LogP contribution is -2.37. The van der Waals surface area contributed by atoms with Crippen LogP contribution in [0.3, 0.4) is 0 Å². The highest BCUT2D eigenvalue weighted by Gasteiger charge is 2.27. The van der Waals surface area contributed by atoms with Gasteiger partial charge < -0.3 is 14.2 Å². The van der Waals surface area contributed by atoms with Crippen molar-refractivity contribution in [3.05, 3.63) is 71.9 Å². The predicted molar refractivity (Wildman–Crippen MR) is 97.4 cm³/mol. The van der Waals surface area contributed by atoms with E-state index < -0.39 is 0 Å². The predicted octanol–water partition coefficient (Wildman–Crippen LogP) is 2.86. The van der Waals surface area contributed by atoms with Gasteiger partial charge >= 0.3 is 0 Å². The number of hydrogen-bond acceptors (Lipinski definition) is 4. The average molecular weight is 348 g/mol. The molecule has 6 heteroatoms. The number of nitrogens with zero attached hydrogens (tertiary/aromatic N) is 4. The van der Waals surface area contributed by atoms with Crippen molar-refractivity contribution in [2.75, 3.05) is 13.2 Å². The molecular weight excluding hydrogens is 328 g/mol. The molecule has 3 aromatic rings. The molecule has 0 aliphatic carbocycles. The van der Waals surface area contributed by atoms with E-state index in [1.165, 1.54) is 6.33 Å². The molecule has 1 aliphatic rings. The third kappa shape index (κ3) is 2.94. The van der Waals surface area contributed by atoms with E-state index in [1.807, 2.05) is 65.2 Å². The van der Waals surface area contributed by atoms with Gasteiger partial charge in [-0.3, -0.25) is 4.79 Å². The molecule has 0 spiro atoms. The smallest absolute Gasteiger partial charge is 0.256 e. The first-order valence-electron chi connectivity index (χ1n) is 8.75. The summed E-state index contributed by atoms with van der Waals surface area (Å²) in [4.78, 5) is 23.7. The SMILES string of the molecule is CCOc1ncnc2c1CN(C(=O)c1ccccc1-n1cccc1)CC2. The molecule has 3 heterocycles. The Morgan fingerprint density at radius 1 is 1.15 bits per heavy atom. The van der Waals surface area contributed by atoms with Gasteiger partial charge in [-0.2, -0.15) is 0 Å². The Morgan fingerprint density at radius 2 is 1.96 bits per heavy atom. The van der Waals surface area contributed by atoms with Crippen LogP contribution >= 0.6 is 0 Å². The average Bonchev–Trinajstić information content (AvgIpc) is 3.22. The van der Waals surface area contributed by atoms with E-state index in [4.69, 9.17) is 4.74 Å². The standard InChI is InChI=1S/C20H20N4O2/c1-2-26-19-16-13-24(12-9-17(16)21-14-22-19)20(25)15-7-3-4-8-18(15)23-10-5-6-11-23/h3-8,10-11,14H,2,9,12-13H2,1H3. The third-order valence-corrected chi connectivity index (χ3v) is 4.55. The fraction of sp³-hybridized carbons (Fsp3) is 0.250. The van der Waals surface area contributed by atoms with Gasteiger partial charge in [0, 0.05) is 25.4 Å². The maximum Gasteiger partial charge on any atom is 0.256 e. The molecule has 1 amide bonds. The van der Waals surface area contributed by atoms with Crippen LogP contribution in [0.4, 0.5) is 0 Å². The normalized spacial score (nSPS) is 13.3. The van der Waals surface area contributed by atoms with Gasteiger partial charge in [-0.05, 0) is 31.2 Å². The van der Waals surface area contributed by atoms with Crippen LogP contribution in [-0.4, -0.2) is 38.5 Å². The molecule has 2 aromatic heterocycles. The topological polar surface area (TPSA) is 60.3 Å². The van der Waals surface area contributed by atoms with E-state index in [2.05, 4.69) is 9.97 Å². The van der Waals surface area contributed by atoms with Crippen LogP contribution < -0.4 is 4.74 Å². The molecule has 0 radical (unpaired) electrons. The van der Waals surface area contributed by atoms with Crippen molar-refractivity contribution in [1.82, 2.24) is 19.4 Å². The monoisotopic (exact) mass is 348 g/mol. The Bertz CT molecular complexity index is 921. The number of para-hydroxylation sites is 1. The molecule has 0 bridgehead atoms. The van der Waals surface area contributed by atoms with Gasteiger partial charge in [0.2, 0.25) is 5.88 Å². The quantitative estimate of drug-likeness (QED) is 0.727. The molecule has 0 unspecified atom stereocenters. The van der Waals surface area contributed by atoms with Crippen LogP contribution in [0.15, 0.2) is 55.1 Å². The zero-order chi connectivity index (χ0) is 17.9. The maximum atomic E-state index is 13.2. The summed E-state index contributed by atoms with van der Waals surface area (Å²) < 4.78 is 7.59. The molecule has 6 nitrogen and oxygen atoms in total. The summed E-state index contributed by atoms with van der Waals surface area (Å²) in [6.07, 6.45) is 6.12. The Balaban J connectivity index is 1.65. The summed E-state index contributed by atoms with van der Waals surface area (Å²) >= 11 is 0. The molecule has 26 heavy (non-hydrogen) atoms. The van der Waals surface area contributed by atoms with Crippen LogP contribution in [0.5, 0.6) is 5.88 Å². The second-order valence-corrected chi connectivity index (χ2v) is 6.12. The lowest BCUT2D eigenvalue weighted by molar-refractivity contribution is 0.0731. The summed E-state index contributed by atoms with van der Waals surface area (Å²) in [6.45, 7) is 3.56. The summed E-state index contributed by atoms with van der Waals surface area (Å²) in [6, 6.07) is 11.6. The minimum Gasteiger partial charge on any atom is -0.478 e. The molecule has 132 valence electrons. The maximum absolute atomic E-state index is 13.2. The number of aromatic nitrogens is 3. The number of ether oxygens (including phenoxy) is 1.